The highest BCUT2D eigenvalue weighted by atomic mass is 16.5. The fraction of sp³-hybridized carbons (Fsp3) is 0.250. The molecule has 108 valence electrons. The van der Waals surface area contributed by atoms with E-state index in [1.165, 1.54) is 16.6 Å². The van der Waals surface area contributed by atoms with E-state index < -0.39 is 0 Å². The molecular weight excluding hydrogens is 266 g/mol. The maximum absolute atomic E-state index is 11.9. The van der Waals surface area contributed by atoms with Gasteiger partial charge in [0.15, 0.2) is 0 Å². The van der Waals surface area contributed by atoms with E-state index in [4.69, 9.17) is 4.52 Å². The number of aromatic amines is 1. The summed E-state index contributed by atoms with van der Waals surface area (Å²) in [6.07, 6.45) is 0. The number of carbonyl (C=O) groups excluding carboxylic acids is 1. The zero-order chi connectivity index (χ0) is 15.0. The molecule has 0 saturated heterocycles. The quantitative estimate of drug-likeness (QED) is 0.776. The highest BCUT2D eigenvalue weighted by Gasteiger charge is 2.11. The third kappa shape index (κ3) is 2.54. The monoisotopic (exact) mass is 283 g/mol. The Bertz CT molecular complexity index is 814. The number of fused-ring (bicyclic) bond motifs is 1. The number of hydrogen-bond acceptors (Lipinski definition) is 3. The first-order valence-corrected chi connectivity index (χ1v) is 6.84. The zero-order valence-corrected chi connectivity index (χ0v) is 12.3. The SMILES string of the molecule is Cc1cc(C(=O)NCc2ccc3[nH]c(C)c(C)c3c2)on1. The van der Waals surface area contributed by atoms with E-state index >= 15 is 0 Å². The van der Waals surface area contributed by atoms with Gasteiger partial charge in [-0.05, 0) is 44.0 Å². The molecule has 3 aromatic rings. The van der Waals surface area contributed by atoms with Gasteiger partial charge in [0.25, 0.3) is 5.91 Å². The van der Waals surface area contributed by atoms with Crippen LogP contribution in [0.4, 0.5) is 0 Å². The standard InChI is InChI=1S/C16H17N3O2/c1-9-6-15(21-19-9)16(20)17-8-12-4-5-14-13(7-12)10(2)11(3)18-14/h4-7,18H,8H2,1-3H3,(H,17,20). The van der Waals surface area contributed by atoms with E-state index in [2.05, 4.69) is 35.4 Å². The normalized spacial score (nSPS) is 11.0. The lowest BCUT2D eigenvalue weighted by molar-refractivity contribution is 0.0914. The first-order valence-electron chi connectivity index (χ1n) is 6.84. The van der Waals surface area contributed by atoms with Gasteiger partial charge in [0.05, 0.1) is 5.69 Å². The number of nitrogens with one attached hydrogen (secondary N) is 2. The van der Waals surface area contributed by atoms with E-state index in [1.54, 1.807) is 13.0 Å². The van der Waals surface area contributed by atoms with Gasteiger partial charge in [-0.2, -0.15) is 0 Å². The van der Waals surface area contributed by atoms with Crippen LogP contribution in [0.25, 0.3) is 10.9 Å². The number of aromatic nitrogens is 2. The van der Waals surface area contributed by atoms with Gasteiger partial charge >= 0.3 is 0 Å². The average molecular weight is 283 g/mol. The van der Waals surface area contributed by atoms with Crippen LogP contribution >= 0.6 is 0 Å². The Labute approximate surface area is 122 Å². The van der Waals surface area contributed by atoms with E-state index in [1.807, 2.05) is 12.1 Å². The van der Waals surface area contributed by atoms with Crippen molar-refractivity contribution in [2.24, 2.45) is 0 Å². The smallest absolute Gasteiger partial charge is 0.290 e. The minimum Gasteiger partial charge on any atom is -0.358 e. The summed E-state index contributed by atoms with van der Waals surface area (Å²) in [7, 11) is 0. The molecule has 0 fully saturated rings. The Kier molecular flexibility index (Phi) is 3.25. The van der Waals surface area contributed by atoms with Crippen molar-refractivity contribution in [3.05, 3.63) is 52.5 Å². The summed E-state index contributed by atoms with van der Waals surface area (Å²) < 4.78 is 4.94. The molecule has 0 aliphatic heterocycles. The lowest BCUT2D eigenvalue weighted by Gasteiger charge is -2.03. The molecule has 0 bridgehead atoms. The molecule has 5 heteroatoms. The number of amides is 1. The maximum atomic E-state index is 11.9. The molecule has 0 saturated carbocycles. The molecule has 0 aliphatic carbocycles. The molecule has 1 amide bonds. The minimum absolute atomic E-state index is 0.238. The molecule has 1 aromatic carbocycles. The molecule has 2 aromatic heterocycles. The summed E-state index contributed by atoms with van der Waals surface area (Å²) in [5.74, 6) is -0.0140. The number of benzene rings is 1. The number of aryl methyl sites for hydroxylation is 3. The van der Waals surface area contributed by atoms with Crippen LogP contribution in [0, 0.1) is 20.8 Å². The van der Waals surface area contributed by atoms with Crippen molar-refractivity contribution < 1.29 is 9.32 Å². The summed E-state index contributed by atoms with van der Waals surface area (Å²) in [5.41, 5.74) is 5.27. The molecule has 0 radical (unpaired) electrons. The van der Waals surface area contributed by atoms with Gasteiger partial charge in [-0.15, -0.1) is 0 Å². The Balaban J connectivity index is 1.76. The first-order chi connectivity index (χ1) is 10.0. The van der Waals surface area contributed by atoms with Crippen molar-refractivity contribution in [3.8, 4) is 0 Å². The van der Waals surface area contributed by atoms with Gasteiger partial charge in [0.1, 0.15) is 0 Å². The van der Waals surface area contributed by atoms with Gasteiger partial charge < -0.3 is 14.8 Å². The number of carbonyl (C=O) groups is 1. The second-order valence-corrected chi connectivity index (χ2v) is 5.27. The predicted octanol–water partition coefficient (Wildman–Crippen LogP) is 3.01. The van der Waals surface area contributed by atoms with Crippen LogP contribution in [0.5, 0.6) is 0 Å². The van der Waals surface area contributed by atoms with E-state index in [0.29, 0.717) is 12.2 Å². The van der Waals surface area contributed by atoms with Crippen LogP contribution in [-0.2, 0) is 6.54 Å². The molecule has 2 N–H and O–H groups in total. The molecule has 3 rings (SSSR count). The second-order valence-electron chi connectivity index (χ2n) is 5.27. The number of rotatable bonds is 3. The molecule has 5 nitrogen and oxygen atoms in total. The van der Waals surface area contributed by atoms with Crippen molar-refractivity contribution in [2.75, 3.05) is 0 Å². The Morgan fingerprint density at radius 3 is 2.81 bits per heavy atom. The van der Waals surface area contributed by atoms with Crippen LogP contribution in [0.2, 0.25) is 0 Å². The fourth-order valence-electron chi connectivity index (χ4n) is 2.36. The summed E-state index contributed by atoms with van der Waals surface area (Å²) in [4.78, 5) is 15.3. The Hall–Kier alpha value is -2.56. The number of H-pyrrole nitrogens is 1. The zero-order valence-electron chi connectivity index (χ0n) is 12.3. The van der Waals surface area contributed by atoms with Crippen LogP contribution in [0.15, 0.2) is 28.8 Å². The third-order valence-electron chi connectivity index (χ3n) is 3.68. The highest BCUT2D eigenvalue weighted by Crippen LogP contribution is 2.22. The van der Waals surface area contributed by atoms with Crippen LogP contribution in [0.1, 0.15) is 33.1 Å². The van der Waals surface area contributed by atoms with Crippen molar-refractivity contribution in [2.45, 2.75) is 27.3 Å². The predicted molar refractivity (Wildman–Crippen MR) is 80.2 cm³/mol. The third-order valence-corrected chi connectivity index (χ3v) is 3.68. The topological polar surface area (TPSA) is 70.9 Å². The van der Waals surface area contributed by atoms with E-state index in [9.17, 15) is 4.79 Å². The molecule has 21 heavy (non-hydrogen) atoms. The van der Waals surface area contributed by atoms with Crippen molar-refractivity contribution in [1.82, 2.24) is 15.5 Å². The van der Waals surface area contributed by atoms with Gasteiger partial charge in [0, 0.05) is 29.2 Å². The molecule has 0 spiro atoms. The van der Waals surface area contributed by atoms with Gasteiger partial charge in [-0.25, -0.2) is 0 Å². The average Bonchev–Trinajstić information content (AvgIpc) is 3.02. The summed E-state index contributed by atoms with van der Waals surface area (Å²) in [6, 6.07) is 7.76. The summed E-state index contributed by atoms with van der Waals surface area (Å²) in [6.45, 7) is 6.39. The van der Waals surface area contributed by atoms with Gasteiger partial charge in [-0.3, -0.25) is 4.79 Å². The summed E-state index contributed by atoms with van der Waals surface area (Å²) in [5, 5.41) is 7.73. The first kappa shape index (κ1) is 13.4. The molecule has 0 unspecified atom stereocenters. The van der Waals surface area contributed by atoms with Gasteiger partial charge in [-0.1, -0.05) is 11.2 Å². The maximum Gasteiger partial charge on any atom is 0.290 e. The Morgan fingerprint density at radius 1 is 1.29 bits per heavy atom. The Morgan fingerprint density at radius 2 is 2.10 bits per heavy atom. The van der Waals surface area contributed by atoms with Crippen molar-refractivity contribution in [3.63, 3.8) is 0 Å². The number of hydrogen-bond donors (Lipinski definition) is 2. The summed E-state index contributed by atoms with van der Waals surface area (Å²) >= 11 is 0. The molecule has 0 aliphatic rings. The molecule has 0 atom stereocenters. The lowest BCUT2D eigenvalue weighted by Crippen LogP contribution is -2.22. The van der Waals surface area contributed by atoms with Crippen LogP contribution in [0.3, 0.4) is 0 Å². The lowest BCUT2D eigenvalue weighted by atomic mass is 10.1. The largest absolute Gasteiger partial charge is 0.358 e. The highest BCUT2D eigenvalue weighted by molar-refractivity contribution is 5.91. The molecule has 2 heterocycles. The van der Waals surface area contributed by atoms with E-state index in [0.717, 1.165) is 11.1 Å². The van der Waals surface area contributed by atoms with E-state index in [-0.39, 0.29) is 11.7 Å². The fourth-order valence-corrected chi connectivity index (χ4v) is 2.36. The van der Waals surface area contributed by atoms with Crippen LogP contribution < -0.4 is 5.32 Å². The minimum atomic E-state index is -0.252. The van der Waals surface area contributed by atoms with Gasteiger partial charge in [0.2, 0.25) is 5.76 Å². The number of nitrogens with zero attached hydrogens (tertiary/aromatic N) is 1. The van der Waals surface area contributed by atoms with Crippen molar-refractivity contribution >= 4 is 16.8 Å². The van der Waals surface area contributed by atoms with Crippen LogP contribution in [-0.4, -0.2) is 16.0 Å². The second kappa shape index (κ2) is 5.09. The van der Waals surface area contributed by atoms with Crippen molar-refractivity contribution in [1.29, 1.82) is 0 Å². The molecular formula is C16H17N3O2.